The van der Waals surface area contributed by atoms with Crippen LogP contribution in [0.4, 0.5) is 10.1 Å². The number of phenolic OH excluding ortho intramolecular Hbond substituents is 1. The molecule has 4 rings (SSSR count). The molecular weight excluding hydrogens is 393 g/mol. The molecule has 0 bridgehead atoms. The third-order valence-electron chi connectivity index (χ3n) is 3.72. The molecule has 2 aromatic carbocycles. The van der Waals surface area contributed by atoms with E-state index in [1.54, 1.807) is 36.4 Å². The number of hydrogen-bond acceptors (Lipinski definition) is 6. The van der Waals surface area contributed by atoms with Gasteiger partial charge >= 0.3 is 0 Å². The molecule has 0 radical (unpaired) electrons. The van der Waals surface area contributed by atoms with Gasteiger partial charge in [0.1, 0.15) is 5.75 Å². The van der Waals surface area contributed by atoms with Gasteiger partial charge in [-0.3, -0.25) is 0 Å². The Hall–Kier alpha value is -2.94. The lowest BCUT2D eigenvalue weighted by atomic mass is 10.1. The van der Waals surface area contributed by atoms with Crippen LogP contribution in [0.2, 0.25) is 0 Å². The summed E-state index contributed by atoms with van der Waals surface area (Å²) in [6.45, 7) is 0.263. The van der Waals surface area contributed by atoms with E-state index in [1.165, 1.54) is 0 Å². The Kier molecular flexibility index (Phi) is 3.85. The van der Waals surface area contributed by atoms with Crippen LogP contribution in [0.3, 0.4) is 0 Å². The third-order valence-corrected chi connectivity index (χ3v) is 4.35. The molecule has 25 heavy (non-hydrogen) atoms. The lowest BCUT2D eigenvalue weighted by molar-refractivity contribution is 0.472. The summed E-state index contributed by atoms with van der Waals surface area (Å²) in [6.07, 6.45) is 0. The van der Waals surface area contributed by atoms with E-state index >= 15 is 0 Å². The number of fused-ring (bicyclic) bond motifs is 1. The van der Waals surface area contributed by atoms with E-state index in [9.17, 15) is 9.50 Å². The van der Waals surface area contributed by atoms with E-state index in [-0.39, 0.29) is 17.9 Å². The molecule has 2 aromatic heterocycles. The molecule has 0 atom stereocenters. The van der Waals surface area contributed by atoms with Crippen LogP contribution in [-0.2, 0) is 6.54 Å². The summed E-state index contributed by atoms with van der Waals surface area (Å²) in [7, 11) is 0. The molecule has 0 amide bonds. The molecule has 0 unspecified atom stereocenters. The van der Waals surface area contributed by atoms with Crippen molar-refractivity contribution >= 4 is 32.6 Å². The number of aromatic hydroxyl groups is 1. The maximum Gasteiger partial charge on any atom is 0.215 e. The molecule has 3 N–H and O–H groups in total. The molecule has 0 spiro atoms. The van der Waals surface area contributed by atoms with Gasteiger partial charge in [0.2, 0.25) is 5.82 Å². The van der Waals surface area contributed by atoms with Crippen LogP contribution in [0.1, 0.15) is 5.56 Å². The minimum atomic E-state index is -0.443. The highest BCUT2D eigenvalue weighted by atomic mass is 79.9. The van der Waals surface area contributed by atoms with Gasteiger partial charge in [-0.1, -0.05) is 12.1 Å². The van der Waals surface area contributed by atoms with Gasteiger partial charge in [-0.2, -0.15) is 0 Å². The maximum absolute atomic E-state index is 14.7. The summed E-state index contributed by atoms with van der Waals surface area (Å²) in [5, 5.41) is 26.5. The fourth-order valence-corrected chi connectivity index (χ4v) is 2.82. The standard InChI is InChI=1S/C16H11BrFN5O2/c17-11-6-10(3-4-12(11)24)19-7-9-2-1-8-5-13(16-20-22-23-21-16)25-15(8)14(9)18/h1-6,19,24H,7H2,(H,20,21,22,23). The number of benzene rings is 2. The van der Waals surface area contributed by atoms with Crippen molar-refractivity contribution in [2.75, 3.05) is 5.32 Å². The molecule has 9 heteroatoms. The van der Waals surface area contributed by atoms with E-state index in [1.807, 2.05) is 0 Å². The minimum absolute atomic E-state index is 0.142. The number of aromatic nitrogens is 4. The number of hydrogen-bond donors (Lipinski definition) is 3. The highest BCUT2D eigenvalue weighted by Gasteiger charge is 2.15. The highest BCUT2D eigenvalue weighted by molar-refractivity contribution is 9.10. The Bertz CT molecular complexity index is 1050. The van der Waals surface area contributed by atoms with Crippen LogP contribution >= 0.6 is 15.9 Å². The van der Waals surface area contributed by atoms with Gasteiger partial charge in [0.15, 0.2) is 17.2 Å². The quantitative estimate of drug-likeness (QED) is 0.447. The molecule has 0 saturated heterocycles. The lowest BCUT2D eigenvalue weighted by Crippen LogP contribution is -2.01. The number of rotatable bonds is 4. The third kappa shape index (κ3) is 2.93. The second-order valence-electron chi connectivity index (χ2n) is 5.34. The molecule has 0 fully saturated rings. The van der Waals surface area contributed by atoms with E-state index in [0.29, 0.717) is 27.0 Å². The van der Waals surface area contributed by atoms with Gasteiger partial charge in [-0.25, -0.2) is 9.49 Å². The number of halogens is 2. The monoisotopic (exact) mass is 403 g/mol. The first-order valence-corrected chi connectivity index (χ1v) is 8.08. The first-order valence-electron chi connectivity index (χ1n) is 7.29. The number of aromatic amines is 1. The molecular formula is C16H11BrFN5O2. The van der Waals surface area contributed by atoms with Crippen molar-refractivity contribution < 1.29 is 13.9 Å². The number of tetrazole rings is 1. The number of nitrogens with zero attached hydrogens (tertiary/aromatic N) is 3. The normalized spacial score (nSPS) is 11.1. The number of anilines is 1. The fraction of sp³-hybridized carbons (Fsp3) is 0.0625. The fourth-order valence-electron chi connectivity index (χ4n) is 2.44. The van der Waals surface area contributed by atoms with Crippen LogP contribution in [0.25, 0.3) is 22.6 Å². The van der Waals surface area contributed by atoms with Gasteiger partial charge in [-0.05, 0) is 50.6 Å². The predicted octanol–water partition coefficient (Wildman–Crippen LogP) is 3.83. The predicted molar refractivity (Wildman–Crippen MR) is 92.5 cm³/mol. The zero-order chi connectivity index (χ0) is 17.4. The summed E-state index contributed by atoms with van der Waals surface area (Å²) < 4.78 is 20.8. The average molecular weight is 404 g/mol. The van der Waals surface area contributed by atoms with Crippen molar-refractivity contribution in [1.29, 1.82) is 0 Å². The topological polar surface area (TPSA) is 99.9 Å². The molecule has 0 saturated carbocycles. The van der Waals surface area contributed by atoms with Crippen LogP contribution in [0.5, 0.6) is 5.75 Å². The summed E-state index contributed by atoms with van der Waals surface area (Å²) in [5.41, 5.74) is 1.35. The van der Waals surface area contributed by atoms with Crippen LogP contribution in [-0.4, -0.2) is 25.7 Å². The Balaban J connectivity index is 1.61. The second-order valence-corrected chi connectivity index (χ2v) is 6.19. The van der Waals surface area contributed by atoms with Crippen molar-refractivity contribution in [2.24, 2.45) is 0 Å². The number of nitrogens with one attached hydrogen (secondary N) is 2. The van der Waals surface area contributed by atoms with Crippen LogP contribution in [0.15, 0.2) is 45.3 Å². The molecule has 4 aromatic rings. The molecule has 0 aliphatic rings. The second kappa shape index (κ2) is 6.17. The van der Waals surface area contributed by atoms with Crippen molar-refractivity contribution in [2.45, 2.75) is 6.54 Å². The van der Waals surface area contributed by atoms with Gasteiger partial charge in [-0.15, -0.1) is 5.10 Å². The number of phenols is 1. The van der Waals surface area contributed by atoms with Gasteiger partial charge in [0.25, 0.3) is 0 Å². The highest BCUT2D eigenvalue weighted by Crippen LogP contribution is 2.30. The summed E-state index contributed by atoms with van der Waals surface area (Å²) in [4.78, 5) is 0. The molecule has 2 heterocycles. The van der Waals surface area contributed by atoms with Crippen molar-refractivity contribution in [3.63, 3.8) is 0 Å². The Morgan fingerprint density at radius 2 is 2.12 bits per heavy atom. The van der Waals surface area contributed by atoms with Gasteiger partial charge in [0, 0.05) is 23.2 Å². The smallest absolute Gasteiger partial charge is 0.215 e. The van der Waals surface area contributed by atoms with E-state index in [4.69, 9.17) is 4.42 Å². The average Bonchev–Trinajstić information content (AvgIpc) is 3.26. The van der Waals surface area contributed by atoms with E-state index < -0.39 is 5.82 Å². The Morgan fingerprint density at radius 1 is 1.24 bits per heavy atom. The Labute approximate surface area is 149 Å². The first kappa shape index (κ1) is 15.6. The minimum Gasteiger partial charge on any atom is -0.507 e. The number of furan rings is 1. The van der Waals surface area contributed by atoms with Crippen LogP contribution < -0.4 is 5.32 Å². The van der Waals surface area contributed by atoms with Crippen molar-refractivity contribution in [3.8, 4) is 17.3 Å². The summed E-state index contributed by atoms with van der Waals surface area (Å²) in [5.74, 6) is 0.403. The molecule has 0 aliphatic carbocycles. The number of H-pyrrole nitrogens is 1. The molecule has 7 nitrogen and oxygen atoms in total. The van der Waals surface area contributed by atoms with Crippen molar-refractivity contribution in [3.05, 3.63) is 52.3 Å². The van der Waals surface area contributed by atoms with Gasteiger partial charge in [0.05, 0.1) is 4.47 Å². The molecule has 126 valence electrons. The zero-order valence-corrected chi connectivity index (χ0v) is 14.2. The van der Waals surface area contributed by atoms with Crippen LogP contribution in [0, 0.1) is 5.82 Å². The van der Waals surface area contributed by atoms with E-state index in [2.05, 4.69) is 41.9 Å². The van der Waals surface area contributed by atoms with E-state index in [0.717, 1.165) is 5.69 Å². The Morgan fingerprint density at radius 3 is 2.88 bits per heavy atom. The maximum atomic E-state index is 14.7. The molecule has 0 aliphatic heterocycles. The zero-order valence-electron chi connectivity index (χ0n) is 12.6. The van der Waals surface area contributed by atoms with Gasteiger partial charge < -0.3 is 14.8 Å². The largest absolute Gasteiger partial charge is 0.507 e. The summed E-state index contributed by atoms with van der Waals surface area (Å²) >= 11 is 3.24. The summed E-state index contributed by atoms with van der Waals surface area (Å²) in [6, 6.07) is 10.1. The SMILES string of the molecule is Oc1ccc(NCc2ccc3cc(-c4nnn[nH]4)oc3c2F)cc1Br. The van der Waals surface area contributed by atoms with Crippen molar-refractivity contribution in [1.82, 2.24) is 20.6 Å². The lowest BCUT2D eigenvalue weighted by Gasteiger charge is -2.08. The first-order chi connectivity index (χ1) is 12.1.